The summed E-state index contributed by atoms with van der Waals surface area (Å²) in [7, 11) is -0.388. The van der Waals surface area contributed by atoms with Crippen molar-refractivity contribution in [1.29, 1.82) is 0 Å². The zero-order chi connectivity index (χ0) is 15.0. The molecule has 20 heavy (non-hydrogen) atoms. The van der Waals surface area contributed by atoms with Crippen LogP contribution in [0.1, 0.15) is 13.3 Å². The highest BCUT2D eigenvalue weighted by Gasteiger charge is 2.23. The maximum absolute atomic E-state index is 12.5. The minimum atomic E-state index is -3.42. The first-order valence-electron chi connectivity index (χ1n) is 6.63. The van der Waals surface area contributed by atoms with Crippen LogP contribution in [0, 0.1) is 0 Å². The summed E-state index contributed by atoms with van der Waals surface area (Å²) >= 11 is 0. The molecule has 0 aliphatic carbocycles. The molecule has 0 saturated heterocycles. The molecule has 1 unspecified atom stereocenters. The van der Waals surface area contributed by atoms with Crippen LogP contribution in [0.25, 0.3) is 0 Å². The van der Waals surface area contributed by atoms with Gasteiger partial charge in [-0.1, -0.05) is 19.1 Å². The molecule has 5 nitrogen and oxygen atoms in total. The fourth-order valence-electron chi connectivity index (χ4n) is 1.95. The van der Waals surface area contributed by atoms with Crippen LogP contribution >= 0.6 is 0 Å². The Morgan fingerprint density at radius 2 is 1.95 bits per heavy atom. The van der Waals surface area contributed by atoms with E-state index in [2.05, 4.69) is 5.32 Å². The van der Waals surface area contributed by atoms with Crippen molar-refractivity contribution in [3.63, 3.8) is 0 Å². The maximum Gasteiger partial charge on any atom is 0.183 e. The Balaban J connectivity index is 2.91. The molecule has 0 saturated carbocycles. The van der Waals surface area contributed by atoms with Crippen molar-refractivity contribution in [3.8, 4) is 5.75 Å². The Kier molecular flexibility index (Phi) is 6.98. The number of nitrogens with one attached hydrogen (secondary N) is 1. The Bertz CT molecular complexity index is 502. The van der Waals surface area contributed by atoms with Gasteiger partial charge in [-0.05, 0) is 25.1 Å². The van der Waals surface area contributed by atoms with Gasteiger partial charge in [-0.15, -0.1) is 0 Å². The molecule has 1 atom stereocenters. The first kappa shape index (κ1) is 16.9. The quantitative estimate of drug-likeness (QED) is 0.748. The van der Waals surface area contributed by atoms with Crippen LogP contribution in [0.15, 0.2) is 29.2 Å². The third kappa shape index (κ3) is 4.77. The molecule has 0 fully saturated rings. The summed E-state index contributed by atoms with van der Waals surface area (Å²) in [6.45, 7) is 3.15. The SMILES string of the molecule is CCCNC(COC)CS(=O)(=O)c1ccccc1OC. The molecule has 0 heterocycles. The van der Waals surface area contributed by atoms with Crippen LogP contribution in [-0.2, 0) is 14.6 Å². The number of methoxy groups -OCH3 is 2. The van der Waals surface area contributed by atoms with Crippen LogP contribution in [0.3, 0.4) is 0 Å². The monoisotopic (exact) mass is 301 g/mol. The van der Waals surface area contributed by atoms with Gasteiger partial charge in [-0.3, -0.25) is 0 Å². The molecule has 1 N–H and O–H groups in total. The van der Waals surface area contributed by atoms with Crippen molar-refractivity contribution < 1.29 is 17.9 Å². The van der Waals surface area contributed by atoms with E-state index in [1.54, 1.807) is 31.4 Å². The Hall–Kier alpha value is -1.11. The average molecular weight is 301 g/mol. The lowest BCUT2D eigenvalue weighted by Gasteiger charge is -2.18. The largest absolute Gasteiger partial charge is 0.495 e. The van der Waals surface area contributed by atoms with Crippen molar-refractivity contribution in [1.82, 2.24) is 5.32 Å². The molecule has 114 valence electrons. The predicted octanol–water partition coefficient (Wildman–Crippen LogP) is 1.48. The number of ether oxygens (including phenoxy) is 2. The molecule has 0 aliphatic heterocycles. The molecule has 6 heteroatoms. The van der Waals surface area contributed by atoms with E-state index in [1.807, 2.05) is 6.92 Å². The Labute approximate surface area is 121 Å². The number of hydrogen-bond donors (Lipinski definition) is 1. The van der Waals surface area contributed by atoms with Gasteiger partial charge in [0.2, 0.25) is 0 Å². The van der Waals surface area contributed by atoms with Gasteiger partial charge in [0.15, 0.2) is 9.84 Å². The summed E-state index contributed by atoms with van der Waals surface area (Å²) in [5, 5.41) is 3.19. The van der Waals surface area contributed by atoms with Gasteiger partial charge < -0.3 is 14.8 Å². The molecule has 0 aliphatic rings. The molecule has 0 spiro atoms. The van der Waals surface area contributed by atoms with Crippen molar-refractivity contribution in [2.75, 3.05) is 33.1 Å². The van der Waals surface area contributed by atoms with Gasteiger partial charge in [0.1, 0.15) is 10.6 Å². The molecule has 0 amide bonds. The number of rotatable bonds is 9. The minimum Gasteiger partial charge on any atom is -0.495 e. The Morgan fingerprint density at radius 3 is 2.55 bits per heavy atom. The summed E-state index contributed by atoms with van der Waals surface area (Å²) in [6, 6.07) is 6.44. The number of para-hydroxylation sites is 1. The van der Waals surface area contributed by atoms with Gasteiger partial charge in [0.25, 0.3) is 0 Å². The summed E-state index contributed by atoms with van der Waals surface area (Å²) in [5.41, 5.74) is 0. The van der Waals surface area contributed by atoms with E-state index < -0.39 is 9.84 Å². The second-order valence-corrected chi connectivity index (χ2v) is 6.54. The van der Waals surface area contributed by atoms with Gasteiger partial charge >= 0.3 is 0 Å². The third-order valence-electron chi connectivity index (χ3n) is 2.88. The average Bonchev–Trinajstić information content (AvgIpc) is 2.44. The molecule has 1 aromatic carbocycles. The summed E-state index contributed by atoms with van der Waals surface area (Å²) in [5.74, 6) is 0.362. The summed E-state index contributed by atoms with van der Waals surface area (Å²) in [4.78, 5) is 0.224. The standard InChI is InChI=1S/C14H23NO4S/c1-4-9-15-12(10-18-2)11-20(16,17)14-8-6-5-7-13(14)19-3/h5-8,12,15H,4,9-11H2,1-3H3. The van der Waals surface area contributed by atoms with E-state index in [-0.39, 0.29) is 16.7 Å². The lowest BCUT2D eigenvalue weighted by molar-refractivity contribution is 0.173. The van der Waals surface area contributed by atoms with E-state index in [1.165, 1.54) is 7.11 Å². The van der Waals surface area contributed by atoms with E-state index in [9.17, 15) is 8.42 Å². The lowest BCUT2D eigenvalue weighted by atomic mass is 10.3. The lowest BCUT2D eigenvalue weighted by Crippen LogP contribution is -2.39. The van der Waals surface area contributed by atoms with Crippen LogP contribution in [-0.4, -0.2) is 47.6 Å². The fraction of sp³-hybridized carbons (Fsp3) is 0.571. The smallest absolute Gasteiger partial charge is 0.183 e. The normalized spacial score (nSPS) is 13.2. The van der Waals surface area contributed by atoms with E-state index in [0.29, 0.717) is 12.4 Å². The summed E-state index contributed by atoms with van der Waals surface area (Å²) in [6.07, 6.45) is 0.939. The number of benzene rings is 1. The van der Waals surface area contributed by atoms with Gasteiger partial charge in [0.05, 0.1) is 19.5 Å². The molecular weight excluding hydrogens is 278 g/mol. The number of sulfone groups is 1. The molecule has 1 aromatic rings. The third-order valence-corrected chi connectivity index (χ3v) is 4.72. The maximum atomic E-state index is 12.5. The van der Waals surface area contributed by atoms with Crippen molar-refractivity contribution >= 4 is 9.84 Å². The van der Waals surface area contributed by atoms with Crippen LogP contribution in [0.5, 0.6) is 5.75 Å². The summed E-state index contributed by atoms with van der Waals surface area (Å²) < 4.78 is 35.2. The van der Waals surface area contributed by atoms with Crippen molar-refractivity contribution in [2.24, 2.45) is 0 Å². The highest BCUT2D eigenvalue weighted by atomic mass is 32.2. The number of hydrogen-bond acceptors (Lipinski definition) is 5. The van der Waals surface area contributed by atoms with E-state index in [4.69, 9.17) is 9.47 Å². The molecule has 0 bridgehead atoms. The highest BCUT2D eigenvalue weighted by Crippen LogP contribution is 2.24. The van der Waals surface area contributed by atoms with Crippen LogP contribution in [0.4, 0.5) is 0 Å². The second-order valence-electron chi connectivity index (χ2n) is 4.54. The van der Waals surface area contributed by atoms with E-state index >= 15 is 0 Å². The molecule has 0 aromatic heterocycles. The van der Waals surface area contributed by atoms with E-state index in [0.717, 1.165) is 13.0 Å². The van der Waals surface area contributed by atoms with Crippen LogP contribution in [0.2, 0.25) is 0 Å². The molecule has 1 rings (SSSR count). The minimum absolute atomic E-state index is 0.0127. The topological polar surface area (TPSA) is 64.6 Å². The zero-order valence-electron chi connectivity index (χ0n) is 12.3. The molecule has 0 radical (unpaired) electrons. The van der Waals surface area contributed by atoms with Crippen molar-refractivity contribution in [3.05, 3.63) is 24.3 Å². The first-order valence-corrected chi connectivity index (χ1v) is 8.28. The first-order chi connectivity index (χ1) is 9.55. The van der Waals surface area contributed by atoms with Crippen molar-refractivity contribution in [2.45, 2.75) is 24.3 Å². The Morgan fingerprint density at radius 1 is 1.25 bits per heavy atom. The van der Waals surface area contributed by atoms with Crippen LogP contribution < -0.4 is 10.1 Å². The predicted molar refractivity (Wildman–Crippen MR) is 79.0 cm³/mol. The molecular formula is C14H23NO4S. The van der Waals surface area contributed by atoms with Gasteiger partial charge in [-0.25, -0.2) is 8.42 Å². The fourth-order valence-corrected chi connectivity index (χ4v) is 3.61. The van der Waals surface area contributed by atoms with Gasteiger partial charge in [-0.2, -0.15) is 0 Å². The zero-order valence-corrected chi connectivity index (χ0v) is 13.1. The second kappa shape index (κ2) is 8.24. The highest BCUT2D eigenvalue weighted by molar-refractivity contribution is 7.91. The van der Waals surface area contributed by atoms with Gasteiger partial charge in [0, 0.05) is 13.2 Å².